The van der Waals surface area contributed by atoms with Crippen LogP contribution in [0.2, 0.25) is 5.02 Å². The van der Waals surface area contributed by atoms with E-state index in [1.54, 1.807) is 6.07 Å². The molecule has 2 aromatic heterocycles. The number of amides is 1. The van der Waals surface area contributed by atoms with Crippen molar-refractivity contribution in [3.8, 4) is 11.3 Å². The first-order chi connectivity index (χ1) is 11.5. The summed E-state index contributed by atoms with van der Waals surface area (Å²) in [6, 6.07) is 7.78. The van der Waals surface area contributed by atoms with E-state index in [0.29, 0.717) is 38.6 Å². The Morgan fingerprint density at radius 2 is 2.04 bits per heavy atom. The molecule has 0 bridgehead atoms. The minimum Gasteiger partial charge on any atom is -0.397 e. The van der Waals surface area contributed by atoms with Crippen LogP contribution in [0.3, 0.4) is 0 Å². The van der Waals surface area contributed by atoms with E-state index in [9.17, 15) is 4.79 Å². The molecular weight excluding hydrogens is 346 g/mol. The van der Waals surface area contributed by atoms with Crippen LogP contribution < -0.4 is 16.8 Å². The zero-order chi connectivity index (χ0) is 16.8. The van der Waals surface area contributed by atoms with Crippen LogP contribution in [0.25, 0.3) is 21.5 Å². The average Bonchev–Trinajstić information content (AvgIpc) is 3.29. The van der Waals surface area contributed by atoms with Gasteiger partial charge in [-0.1, -0.05) is 29.8 Å². The molecule has 0 saturated heterocycles. The number of primary amides is 1. The highest BCUT2D eigenvalue weighted by Gasteiger charge is 2.25. The van der Waals surface area contributed by atoms with Crippen molar-refractivity contribution in [1.82, 2.24) is 9.97 Å². The van der Waals surface area contributed by atoms with Gasteiger partial charge in [0.15, 0.2) is 0 Å². The molecule has 1 aliphatic carbocycles. The number of nitrogens with one attached hydrogen (secondary N) is 1. The molecule has 1 amide bonds. The Labute approximate surface area is 146 Å². The number of carbonyl (C=O) groups is 1. The van der Waals surface area contributed by atoms with E-state index in [2.05, 4.69) is 15.3 Å². The minimum absolute atomic E-state index is 0.288. The third kappa shape index (κ3) is 2.55. The van der Waals surface area contributed by atoms with Crippen LogP contribution in [0.4, 0.5) is 11.6 Å². The standard InChI is InChI=1S/C16H14ClN5OS/c17-9-4-2-1-3-8(9)12-10-11(18)13(14(19)23)24-15(10)22-16(21-12)20-7-5-6-7/h1-4,7H,5-6,18H2,(H2,19,23)(H,20,21,22). The number of nitrogens with zero attached hydrogens (tertiary/aromatic N) is 2. The highest BCUT2D eigenvalue weighted by atomic mass is 35.5. The number of rotatable bonds is 4. The number of halogens is 1. The van der Waals surface area contributed by atoms with Gasteiger partial charge < -0.3 is 16.8 Å². The number of fused-ring (bicyclic) bond motifs is 1. The largest absolute Gasteiger partial charge is 0.397 e. The molecule has 1 fully saturated rings. The average molecular weight is 360 g/mol. The quantitative estimate of drug-likeness (QED) is 0.662. The fourth-order valence-corrected chi connectivity index (χ4v) is 3.70. The van der Waals surface area contributed by atoms with Crippen molar-refractivity contribution in [3.05, 3.63) is 34.2 Å². The third-order valence-electron chi connectivity index (χ3n) is 3.85. The van der Waals surface area contributed by atoms with Crippen LogP contribution >= 0.6 is 22.9 Å². The number of aromatic nitrogens is 2. The summed E-state index contributed by atoms with van der Waals surface area (Å²) in [4.78, 5) is 21.7. The van der Waals surface area contributed by atoms with Gasteiger partial charge in [-0.25, -0.2) is 9.97 Å². The molecule has 8 heteroatoms. The van der Waals surface area contributed by atoms with Gasteiger partial charge in [-0.2, -0.15) is 0 Å². The van der Waals surface area contributed by atoms with Gasteiger partial charge in [0, 0.05) is 16.6 Å². The number of hydrogen-bond donors (Lipinski definition) is 3. The molecule has 2 heterocycles. The Morgan fingerprint density at radius 3 is 2.71 bits per heavy atom. The number of nitrogen functional groups attached to an aromatic ring is 1. The number of thiophene rings is 1. The summed E-state index contributed by atoms with van der Waals surface area (Å²) in [5.41, 5.74) is 13.2. The van der Waals surface area contributed by atoms with E-state index in [-0.39, 0.29) is 4.88 Å². The Balaban J connectivity index is 2.00. The zero-order valence-electron chi connectivity index (χ0n) is 12.5. The topological polar surface area (TPSA) is 107 Å². The van der Waals surface area contributed by atoms with E-state index in [4.69, 9.17) is 23.1 Å². The lowest BCUT2D eigenvalue weighted by molar-refractivity contribution is 0.100. The molecule has 1 aromatic carbocycles. The van der Waals surface area contributed by atoms with Crippen molar-refractivity contribution in [1.29, 1.82) is 0 Å². The smallest absolute Gasteiger partial charge is 0.260 e. The zero-order valence-corrected chi connectivity index (χ0v) is 14.1. The molecule has 5 N–H and O–H groups in total. The van der Waals surface area contributed by atoms with E-state index >= 15 is 0 Å². The molecule has 1 saturated carbocycles. The molecule has 0 atom stereocenters. The van der Waals surface area contributed by atoms with Crippen molar-refractivity contribution in [3.63, 3.8) is 0 Å². The first-order valence-corrected chi connectivity index (χ1v) is 8.65. The van der Waals surface area contributed by atoms with Crippen LogP contribution in [0.15, 0.2) is 24.3 Å². The number of carbonyl (C=O) groups excluding carboxylic acids is 1. The van der Waals surface area contributed by atoms with Crippen LogP contribution in [0.1, 0.15) is 22.5 Å². The number of hydrogen-bond acceptors (Lipinski definition) is 6. The predicted octanol–water partition coefficient (Wildman–Crippen LogP) is 3.27. The molecule has 122 valence electrons. The number of benzene rings is 1. The normalized spacial score (nSPS) is 14.0. The summed E-state index contributed by atoms with van der Waals surface area (Å²) >= 11 is 7.52. The van der Waals surface area contributed by atoms with Crippen molar-refractivity contribution in [2.45, 2.75) is 18.9 Å². The van der Waals surface area contributed by atoms with Crippen LogP contribution in [-0.2, 0) is 0 Å². The Kier molecular flexibility index (Phi) is 3.54. The maximum Gasteiger partial charge on any atom is 0.260 e. The van der Waals surface area contributed by atoms with E-state index in [1.165, 1.54) is 11.3 Å². The highest BCUT2D eigenvalue weighted by molar-refractivity contribution is 7.21. The van der Waals surface area contributed by atoms with Gasteiger partial charge in [-0.3, -0.25) is 4.79 Å². The van der Waals surface area contributed by atoms with Gasteiger partial charge >= 0.3 is 0 Å². The summed E-state index contributed by atoms with van der Waals surface area (Å²) in [6.07, 6.45) is 2.20. The fourth-order valence-electron chi connectivity index (χ4n) is 2.53. The van der Waals surface area contributed by atoms with Gasteiger partial charge in [0.25, 0.3) is 5.91 Å². The molecular formula is C16H14ClN5OS. The van der Waals surface area contributed by atoms with Gasteiger partial charge in [0.2, 0.25) is 5.95 Å². The number of nitrogens with two attached hydrogens (primary N) is 2. The predicted molar refractivity (Wildman–Crippen MR) is 97.4 cm³/mol. The van der Waals surface area contributed by atoms with Crippen molar-refractivity contribution >= 4 is 50.7 Å². The van der Waals surface area contributed by atoms with Crippen molar-refractivity contribution in [2.24, 2.45) is 5.73 Å². The number of anilines is 2. The monoisotopic (exact) mass is 359 g/mol. The molecule has 0 radical (unpaired) electrons. The maximum atomic E-state index is 11.6. The fraction of sp³-hybridized carbons (Fsp3) is 0.188. The summed E-state index contributed by atoms with van der Waals surface area (Å²) < 4.78 is 0. The minimum atomic E-state index is -0.572. The van der Waals surface area contributed by atoms with Gasteiger partial charge in [-0.15, -0.1) is 11.3 Å². The molecule has 0 unspecified atom stereocenters. The SMILES string of the molecule is NC(=O)c1sc2nc(NC3CC3)nc(-c3ccccc3Cl)c2c1N. The lowest BCUT2D eigenvalue weighted by atomic mass is 10.1. The highest BCUT2D eigenvalue weighted by Crippen LogP contribution is 2.41. The van der Waals surface area contributed by atoms with E-state index in [1.807, 2.05) is 18.2 Å². The first-order valence-electron chi connectivity index (χ1n) is 7.46. The summed E-state index contributed by atoms with van der Waals surface area (Å²) in [5.74, 6) is -0.0606. The van der Waals surface area contributed by atoms with E-state index < -0.39 is 5.91 Å². The molecule has 3 aromatic rings. The summed E-state index contributed by atoms with van der Waals surface area (Å²) in [7, 11) is 0. The molecule has 0 spiro atoms. The third-order valence-corrected chi connectivity index (χ3v) is 5.30. The Morgan fingerprint density at radius 1 is 1.29 bits per heavy atom. The summed E-state index contributed by atoms with van der Waals surface area (Å²) in [6.45, 7) is 0. The van der Waals surface area contributed by atoms with Crippen molar-refractivity contribution < 1.29 is 4.79 Å². The molecule has 1 aliphatic rings. The van der Waals surface area contributed by atoms with Crippen LogP contribution in [0.5, 0.6) is 0 Å². The molecule has 6 nitrogen and oxygen atoms in total. The van der Waals surface area contributed by atoms with E-state index in [0.717, 1.165) is 18.4 Å². The first kappa shape index (κ1) is 15.2. The maximum absolute atomic E-state index is 11.6. The van der Waals surface area contributed by atoms with Gasteiger partial charge in [0.05, 0.1) is 16.8 Å². The van der Waals surface area contributed by atoms with Crippen molar-refractivity contribution in [2.75, 3.05) is 11.1 Å². The van der Waals surface area contributed by atoms with Gasteiger partial charge in [-0.05, 0) is 18.9 Å². The lowest BCUT2D eigenvalue weighted by Crippen LogP contribution is -2.10. The van der Waals surface area contributed by atoms with Crippen LogP contribution in [-0.4, -0.2) is 21.9 Å². The molecule has 24 heavy (non-hydrogen) atoms. The van der Waals surface area contributed by atoms with Gasteiger partial charge in [0.1, 0.15) is 9.71 Å². The second-order valence-corrected chi connectivity index (χ2v) is 7.09. The second kappa shape index (κ2) is 5.61. The van der Waals surface area contributed by atoms with Crippen LogP contribution in [0, 0.1) is 0 Å². The summed E-state index contributed by atoms with van der Waals surface area (Å²) in [5, 5.41) is 4.45. The lowest BCUT2D eigenvalue weighted by Gasteiger charge is -2.09. The Bertz CT molecular complexity index is 967. The second-order valence-electron chi connectivity index (χ2n) is 5.68. The Hall–Kier alpha value is -2.38. The molecule has 4 rings (SSSR count). The molecule has 0 aliphatic heterocycles.